The number of hydrogen-bond donors (Lipinski definition) is 0. The van der Waals surface area contributed by atoms with Gasteiger partial charge in [0, 0.05) is 11.1 Å². The minimum atomic E-state index is -0.909. The van der Waals surface area contributed by atoms with E-state index in [-0.39, 0.29) is 44.0 Å². The van der Waals surface area contributed by atoms with Gasteiger partial charge in [-0.25, -0.2) is 37.7 Å². The van der Waals surface area contributed by atoms with Gasteiger partial charge in [0.15, 0.2) is 0 Å². The summed E-state index contributed by atoms with van der Waals surface area (Å²) >= 11 is 0. The zero-order valence-electron chi connectivity index (χ0n) is 15.9. The van der Waals surface area contributed by atoms with Crippen molar-refractivity contribution in [2.45, 2.75) is 33.5 Å². The molecule has 0 saturated carbocycles. The van der Waals surface area contributed by atoms with Crippen LogP contribution in [0.15, 0.2) is 51.3 Å². The van der Waals surface area contributed by atoms with Crippen LogP contribution in [0.2, 0.25) is 0 Å². The van der Waals surface area contributed by atoms with Crippen molar-refractivity contribution < 1.29 is 19.1 Å². The van der Waals surface area contributed by atoms with Gasteiger partial charge in [0.2, 0.25) is 0 Å². The first-order chi connectivity index (χ1) is 13.1. The summed E-state index contributed by atoms with van der Waals surface area (Å²) in [4.78, 5) is 60.3. The number of hydrogen-bond acceptors (Lipinski definition) is 7. The molecule has 0 spiro atoms. The summed E-state index contributed by atoms with van der Waals surface area (Å²) in [7, 11) is 0. The van der Waals surface area contributed by atoms with Crippen LogP contribution in [0.3, 0.4) is 0 Å². The predicted octanol–water partition coefficient (Wildman–Crippen LogP) is -0.404. The fraction of sp³-hybridized carbons (Fsp3) is 0.389. The Kier molecular flexibility index (Phi) is 8.11. The van der Waals surface area contributed by atoms with Gasteiger partial charge in [-0.3, -0.25) is 0 Å². The SMILES string of the molecule is C=CCn1c(=O)n(CCOC(=O)C(=C)C)c(=O)n(CCOC(=O)C(=C)C)c1=O. The smallest absolute Gasteiger partial charge is 0.336 e. The molecule has 1 aromatic rings. The minimum Gasteiger partial charge on any atom is -0.460 e. The highest BCUT2D eigenvalue weighted by Gasteiger charge is 2.16. The number of aromatic nitrogens is 3. The first-order valence-electron chi connectivity index (χ1n) is 8.32. The molecule has 0 bridgehead atoms. The molecule has 0 amide bonds. The zero-order valence-corrected chi connectivity index (χ0v) is 15.9. The zero-order chi connectivity index (χ0) is 21.4. The monoisotopic (exact) mass is 393 g/mol. The van der Waals surface area contributed by atoms with E-state index >= 15 is 0 Å². The van der Waals surface area contributed by atoms with Crippen molar-refractivity contribution in [2.24, 2.45) is 0 Å². The number of ether oxygens (including phenoxy) is 2. The van der Waals surface area contributed by atoms with E-state index in [1.165, 1.54) is 19.9 Å². The number of rotatable bonds is 10. The molecular formula is C18H23N3O7. The van der Waals surface area contributed by atoms with Crippen LogP contribution in [0.1, 0.15) is 13.8 Å². The third-order valence-corrected chi connectivity index (χ3v) is 3.49. The van der Waals surface area contributed by atoms with Crippen LogP contribution in [-0.4, -0.2) is 38.9 Å². The molecule has 0 N–H and O–H groups in total. The maximum Gasteiger partial charge on any atom is 0.336 e. The number of carbonyl (C=O) groups is 2. The number of esters is 2. The van der Waals surface area contributed by atoms with Gasteiger partial charge < -0.3 is 9.47 Å². The summed E-state index contributed by atoms with van der Waals surface area (Å²) in [6, 6.07) is 0. The van der Waals surface area contributed by atoms with E-state index in [0.717, 1.165) is 13.7 Å². The van der Waals surface area contributed by atoms with Crippen molar-refractivity contribution in [3.8, 4) is 0 Å². The molecule has 0 saturated heterocycles. The maximum atomic E-state index is 12.6. The highest BCUT2D eigenvalue weighted by molar-refractivity contribution is 5.87. The standard InChI is InChI=1S/C18H23N3O7/c1-6-7-19-16(24)20(8-10-27-14(22)12(2)3)18(26)21(17(19)25)9-11-28-15(23)13(4)5/h6H,1-2,4,7-11H2,3,5H3. The molecule has 152 valence electrons. The lowest BCUT2D eigenvalue weighted by Crippen LogP contribution is -2.55. The van der Waals surface area contributed by atoms with Crippen molar-refractivity contribution in [2.75, 3.05) is 13.2 Å². The van der Waals surface area contributed by atoms with E-state index in [1.54, 1.807) is 0 Å². The van der Waals surface area contributed by atoms with Crippen molar-refractivity contribution in [1.29, 1.82) is 0 Å². The Balaban J connectivity index is 3.19. The molecular weight excluding hydrogens is 370 g/mol. The summed E-state index contributed by atoms with van der Waals surface area (Å²) in [5, 5.41) is 0. The molecule has 10 nitrogen and oxygen atoms in total. The van der Waals surface area contributed by atoms with E-state index in [1.807, 2.05) is 0 Å². The summed E-state index contributed by atoms with van der Waals surface area (Å²) in [5.74, 6) is -1.33. The first-order valence-corrected chi connectivity index (χ1v) is 8.32. The second kappa shape index (κ2) is 10.0. The van der Waals surface area contributed by atoms with Crippen LogP contribution in [-0.2, 0) is 38.7 Å². The number of allylic oxidation sites excluding steroid dienone is 1. The number of carbonyl (C=O) groups excluding carboxylic acids is 2. The van der Waals surface area contributed by atoms with Crippen LogP contribution in [0.25, 0.3) is 0 Å². The molecule has 28 heavy (non-hydrogen) atoms. The number of nitrogens with zero attached hydrogens (tertiary/aromatic N) is 3. The van der Waals surface area contributed by atoms with Gasteiger partial charge >= 0.3 is 29.0 Å². The lowest BCUT2D eigenvalue weighted by Gasteiger charge is -2.13. The molecule has 0 aliphatic carbocycles. The summed E-state index contributed by atoms with van der Waals surface area (Å²) in [5.41, 5.74) is -2.30. The van der Waals surface area contributed by atoms with Crippen LogP contribution in [0, 0.1) is 0 Å². The van der Waals surface area contributed by atoms with E-state index in [4.69, 9.17) is 9.47 Å². The Hall–Kier alpha value is -3.43. The molecule has 0 unspecified atom stereocenters. The van der Waals surface area contributed by atoms with Crippen molar-refractivity contribution in [1.82, 2.24) is 13.7 Å². The largest absolute Gasteiger partial charge is 0.460 e. The van der Waals surface area contributed by atoms with Crippen molar-refractivity contribution in [3.05, 3.63) is 68.4 Å². The summed E-state index contributed by atoms with van der Waals surface area (Å²) in [6.45, 7) is 12.1. The normalized spacial score (nSPS) is 10.2. The molecule has 1 rings (SSSR count). The molecule has 0 aliphatic heterocycles. The fourth-order valence-corrected chi connectivity index (χ4v) is 2.06. The lowest BCUT2D eigenvalue weighted by molar-refractivity contribution is -0.140. The third kappa shape index (κ3) is 5.53. The minimum absolute atomic E-state index is 0.130. The Morgan fingerprint density at radius 1 is 0.821 bits per heavy atom. The van der Waals surface area contributed by atoms with Gasteiger partial charge in [-0.15, -0.1) is 6.58 Å². The van der Waals surface area contributed by atoms with Crippen LogP contribution in [0.5, 0.6) is 0 Å². The quantitative estimate of drug-likeness (QED) is 0.301. The highest BCUT2D eigenvalue weighted by atomic mass is 16.5. The average Bonchev–Trinajstić information content (AvgIpc) is 2.63. The lowest BCUT2D eigenvalue weighted by atomic mass is 10.4. The van der Waals surface area contributed by atoms with E-state index in [9.17, 15) is 24.0 Å². The van der Waals surface area contributed by atoms with Crippen molar-refractivity contribution in [3.63, 3.8) is 0 Å². The molecule has 1 heterocycles. The summed E-state index contributed by atoms with van der Waals surface area (Å²) in [6.07, 6.45) is 1.32. The Morgan fingerprint density at radius 2 is 1.18 bits per heavy atom. The maximum absolute atomic E-state index is 12.6. The van der Waals surface area contributed by atoms with E-state index in [2.05, 4.69) is 19.7 Å². The topological polar surface area (TPSA) is 119 Å². The second-order valence-electron chi connectivity index (χ2n) is 5.88. The van der Waals surface area contributed by atoms with Crippen LogP contribution in [0.4, 0.5) is 0 Å². The van der Waals surface area contributed by atoms with Crippen LogP contribution < -0.4 is 17.1 Å². The third-order valence-electron chi connectivity index (χ3n) is 3.49. The van der Waals surface area contributed by atoms with Gasteiger partial charge in [0.05, 0.1) is 19.6 Å². The Bertz CT molecular complexity index is 908. The van der Waals surface area contributed by atoms with Crippen LogP contribution >= 0.6 is 0 Å². The molecule has 0 atom stereocenters. The van der Waals surface area contributed by atoms with Gasteiger partial charge in [-0.05, 0) is 13.8 Å². The molecule has 0 aromatic carbocycles. The Morgan fingerprint density at radius 3 is 1.50 bits per heavy atom. The van der Waals surface area contributed by atoms with Crippen molar-refractivity contribution >= 4 is 11.9 Å². The molecule has 0 radical (unpaired) electrons. The molecule has 0 fully saturated rings. The molecule has 1 aromatic heterocycles. The van der Waals surface area contributed by atoms with E-state index < -0.39 is 29.0 Å². The van der Waals surface area contributed by atoms with Gasteiger partial charge in [-0.2, -0.15) is 0 Å². The van der Waals surface area contributed by atoms with E-state index in [0.29, 0.717) is 0 Å². The molecule has 0 aliphatic rings. The Labute approximate surface area is 160 Å². The second-order valence-corrected chi connectivity index (χ2v) is 5.88. The first kappa shape index (κ1) is 22.6. The highest BCUT2D eigenvalue weighted by Crippen LogP contribution is 1.93. The average molecular weight is 393 g/mol. The summed E-state index contributed by atoms with van der Waals surface area (Å²) < 4.78 is 12.1. The van der Waals surface area contributed by atoms with Gasteiger partial charge in [0.25, 0.3) is 0 Å². The van der Waals surface area contributed by atoms with Gasteiger partial charge in [0.1, 0.15) is 13.2 Å². The molecule has 10 heteroatoms. The van der Waals surface area contributed by atoms with Gasteiger partial charge in [-0.1, -0.05) is 19.2 Å². The fourth-order valence-electron chi connectivity index (χ4n) is 2.06. The predicted molar refractivity (Wildman–Crippen MR) is 101 cm³/mol.